The molecule has 3 rings (SSSR count). The maximum Gasteiger partial charge on any atom is 0.432 e. The van der Waals surface area contributed by atoms with Crippen molar-refractivity contribution < 1.29 is 36.7 Å². The molecule has 12 heteroatoms. The summed E-state index contributed by atoms with van der Waals surface area (Å²) < 4.78 is 64.3. The van der Waals surface area contributed by atoms with E-state index in [-0.39, 0.29) is 28.9 Å². The highest BCUT2D eigenvalue weighted by Gasteiger charge is 2.40. The van der Waals surface area contributed by atoms with Crippen molar-refractivity contribution in [1.82, 2.24) is 9.79 Å². The van der Waals surface area contributed by atoms with Crippen LogP contribution in [-0.2, 0) is 21.4 Å². The Kier molecular flexibility index (Phi) is 7.36. The molecule has 0 unspecified atom stereocenters. The lowest BCUT2D eigenvalue weighted by molar-refractivity contribution is 0.00883. The highest BCUT2D eigenvalue weighted by Crippen LogP contribution is 2.31. The molecule has 1 saturated heterocycles. The first-order valence-corrected chi connectivity index (χ1v) is 11.6. The Morgan fingerprint density at radius 1 is 1.23 bits per heavy atom. The first-order chi connectivity index (χ1) is 14.7. The minimum Gasteiger partial charge on any atom is -0.489 e. The molecule has 168 valence electrons. The maximum atomic E-state index is 13.3. The fourth-order valence-electron chi connectivity index (χ4n) is 3.02. The quantitative estimate of drug-likeness (QED) is 0.490. The maximum absolute atomic E-state index is 13.3. The number of amides is 1. The number of hydroxylamine groups is 1. The van der Waals surface area contributed by atoms with E-state index in [2.05, 4.69) is 0 Å². The third-order valence-electron chi connectivity index (χ3n) is 4.46. The van der Waals surface area contributed by atoms with Gasteiger partial charge in [0.25, 0.3) is 0 Å². The molecule has 2 aromatic rings. The lowest BCUT2D eigenvalue weighted by atomic mass is 10.2. The van der Waals surface area contributed by atoms with Gasteiger partial charge in [0.15, 0.2) is 6.23 Å². The Balaban J connectivity index is 1.74. The van der Waals surface area contributed by atoms with Crippen molar-refractivity contribution in [3.8, 4) is 5.75 Å². The third-order valence-corrected chi connectivity index (χ3v) is 7.51. The predicted molar refractivity (Wildman–Crippen MR) is 108 cm³/mol. The van der Waals surface area contributed by atoms with Gasteiger partial charge in [0.1, 0.15) is 24.0 Å². The van der Waals surface area contributed by atoms with Crippen LogP contribution >= 0.6 is 11.8 Å². The number of ether oxygens (including phenoxy) is 2. The second kappa shape index (κ2) is 9.81. The number of nitrogens with zero attached hydrogens (tertiary/aromatic N) is 1. The van der Waals surface area contributed by atoms with E-state index in [1.165, 1.54) is 41.5 Å². The summed E-state index contributed by atoms with van der Waals surface area (Å²) in [5.41, 5.74) is 1.62. The van der Waals surface area contributed by atoms with Crippen LogP contribution in [0.4, 0.5) is 13.6 Å². The van der Waals surface area contributed by atoms with Crippen LogP contribution in [0.15, 0.2) is 47.4 Å². The van der Waals surface area contributed by atoms with E-state index in [1.54, 1.807) is 6.92 Å². The Hall–Kier alpha value is -2.41. The number of halogens is 2. The van der Waals surface area contributed by atoms with Crippen LogP contribution in [0.5, 0.6) is 5.75 Å². The van der Waals surface area contributed by atoms with E-state index in [0.29, 0.717) is 11.5 Å². The molecule has 1 aliphatic rings. The largest absolute Gasteiger partial charge is 0.489 e. The summed E-state index contributed by atoms with van der Waals surface area (Å²) >= 11 is 1.44. The van der Waals surface area contributed by atoms with Crippen molar-refractivity contribution in [2.75, 3.05) is 12.3 Å². The average Bonchev–Trinajstić information content (AvgIpc) is 2.73. The number of carbonyl (C=O) groups is 1. The number of carbonyl (C=O) groups excluding carboxylic acids is 1. The predicted octanol–water partition coefficient (Wildman–Crippen LogP) is 3.11. The summed E-state index contributed by atoms with van der Waals surface area (Å²) in [6.07, 6.45) is -2.26. The van der Waals surface area contributed by atoms with E-state index in [4.69, 9.17) is 14.7 Å². The Bertz CT molecular complexity index is 1020. The topological polar surface area (TPSA) is 105 Å². The van der Waals surface area contributed by atoms with Crippen molar-refractivity contribution in [2.24, 2.45) is 0 Å². The number of thioether (sulfide) groups is 1. The number of benzene rings is 2. The smallest absolute Gasteiger partial charge is 0.432 e. The average molecular weight is 475 g/mol. The molecular formula is C19H20F2N2O6S2. The van der Waals surface area contributed by atoms with E-state index >= 15 is 0 Å². The van der Waals surface area contributed by atoms with Crippen molar-refractivity contribution in [1.29, 1.82) is 0 Å². The molecular weight excluding hydrogens is 454 g/mol. The molecule has 2 aromatic carbocycles. The Morgan fingerprint density at radius 2 is 1.87 bits per heavy atom. The molecule has 1 heterocycles. The van der Waals surface area contributed by atoms with Gasteiger partial charge in [-0.1, -0.05) is 0 Å². The SMILES string of the molecule is C[C@@H]1SCCN(S(=O)(=O)c2ccc(OCc3cc(F)cc(F)c3)cc2)[C@H]1OC(=O)NO. The zero-order chi connectivity index (χ0) is 22.6. The highest BCUT2D eigenvalue weighted by molar-refractivity contribution is 8.00. The normalized spacial score (nSPS) is 19.6. The monoisotopic (exact) mass is 474 g/mol. The molecule has 1 amide bonds. The summed E-state index contributed by atoms with van der Waals surface area (Å²) in [6, 6.07) is 8.52. The molecule has 1 aliphatic heterocycles. The summed E-state index contributed by atoms with van der Waals surface area (Å²) in [6.45, 7) is 1.73. The minimum absolute atomic E-state index is 0.0474. The first-order valence-electron chi connectivity index (χ1n) is 9.12. The van der Waals surface area contributed by atoms with Gasteiger partial charge in [-0.25, -0.2) is 27.5 Å². The number of sulfonamides is 1. The Labute approximate surface area is 182 Å². The van der Waals surface area contributed by atoms with Gasteiger partial charge >= 0.3 is 6.09 Å². The second-order valence-corrected chi connectivity index (χ2v) is 10.0. The zero-order valence-electron chi connectivity index (χ0n) is 16.3. The molecule has 2 atom stereocenters. The molecule has 1 fully saturated rings. The minimum atomic E-state index is -4.01. The Morgan fingerprint density at radius 3 is 2.48 bits per heavy atom. The van der Waals surface area contributed by atoms with Crippen LogP contribution in [0.25, 0.3) is 0 Å². The van der Waals surface area contributed by atoms with E-state index in [0.717, 1.165) is 22.5 Å². The van der Waals surface area contributed by atoms with E-state index in [1.807, 2.05) is 0 Å². The summed E-state index contributed by atoms with van der Waals surface area (Å²) in [5, 5.41) is 8.34. The third kappa shape index (κ3) is 5.64. The van der Waals surface area contributed by atoms with Gasteiger partial charge in [-0.15, -0.1) is 0 Å². The van der Waals surface area contributed by atoms with Gasteiger partial charge in [-0.05, 0) is 48.9 Å². The van der Waals surface area contributed by atoms with Crippen LogP contribution in [0.2, 0.25) is 0 Å². The summed E-state index contributed by atoms with van der Waals surface area (Å²) in [4.78, 5) is 11.4. The summed E-state index contributed by atoms with van der Waals surface area (Å²) in [5.74, 6) is -0.633. The molecule has 0 spiro atoms. The number of hydrogen-bond acceptors (Lipinski definition) is 7. The van der Waals surface area contributed by atoms with Gasteiger partial charge < -0.3 is 9.47 Å². The number of hydrogen-bond donors (Lipinski definition) is 2. The van der Waals surface area contributed by atoms with Crippen LogP contribution in [0.3, 0.4) is 0 Å². The molecule has 0 bridgehead atoms. The van der Waals surface area contributed by atoms with Crippen LogP contribution in [-0.4, -0.2) is 47.8 Å². The van der Waals surface area contributed by atoms with E-state index < -0.39 is 34.0 Å². The highest BCUT2D eigenvalue weighted by atomic mass is 32.2. The first kappa shape index (κ1) is 23.3. The van der Waals surface area contributed by atoms with Crippen LogP contribution in [0.1, 0.15) is 12.5 Å². The van der Waals surface area contributed by atoms with Crippen LogP contribution in [0, 0.1) is 11.6 Å². The molecule has 0 aromatic heterocycles. The van der Waals surface area contributed by atoms with Gasteiger partial charge in [0, 0.05) is 18.4 Å². The molecule has 2 N–H and O–H groups in total. The zero-order valence-corrected chi connectivity index (χ0v) is 18.0. The number of rotatable bonds is 6. The van der Waals surface area contributed by atoms with Gasteiger partial charge in [0.05, 0.1) is 10.1 Å². The molecule has 31 heavy (non-hydrogen) atoms. The van der Waals surface area contributed by atoms with Crippen molar-refractivity contribution >= 4 is 27.9 Å². The fourth-order valence-corrected chi connectivity index (χ4v) is 5.84. The van der Waals surface area contributed by atoms with Crippen molar-refractivity contribution in [2.45, 2.75) is 29.9 Å². The summed E-state index contributed by atoms with van der Waals surface area (Å²) in [7, 11) is -4.01. The second-order valence-electron chi connectivity index (χ2n) is 6.64. The van der Waals surface area contributed by atoms with Crippen molar-refractivity contribution in [3.63, 3.8) is 0 Å². The number of nitrogens with one attached hydrogen (secondary N) is 1. The van der Waals surface area contributed by atoms with Gasteiger partial charge in [-0.2, -0.15) is 16.1 Å². The van der Waals surface area contributed by atoms with Gasteiger partial charge in [0.2, 0.25) is 10.0 Å². The lowest BCUT2D eigenvalue weighted by Gasteiger charge is -2.37. The molecule has 0 aliphatic carbocycles. The lowest BCUT2D eigenvalue weighted by Crippen LogP contribution is -2.52. The molecule has 0 radical (unpaired) electrons. The standard InChI is InChI=1S/C19H20F2N2O6S2/c1-12-18(29-19(24)22-25)23(6-7-30-12)31(26,27)17-4-2-16(3-5-17)28-11-13-8-14(20)10-15(21)9-13/h2-5,8-10,12,18,25H,6-7,11H2,1H3,(H,22,24)/t12-,18-/m0/s1. The van der Waals surface area contributed by atoms with E-state index in [9.17, 15) is 22.0 Å². The molecule has 0 saturated carbocycles. The van der Waals surface area contributed by atoms with Crippen LogP contribution < -0.4 is 10.2 Å². The fraction of sp³-hybridized carbons (Fsp3) is 0.316. The van der Waals surface area contributed by atoms with Crippen molar-refractivity contribution in [3.05, 3.63) is 59.7 Å². The van der Waals surface area contributed by atoms with Gasteiger partial charge in [-0.3, -0.25) is 5.21 Å². The molecule has 8 nitrogen and oxygen atoms in total.